The predicted octanol–water partition coefficient (Wildman–Crippen LogP) is 0.480. The van der Waals surface area contributed by atoms with Gasteiger partial charge in [-0.15, -0.1) is 0 Å². The standard InChI is InChI=1S/C10H18N2O3/c1-13-7-6-12-5-4-9(11-8-12)10(14-2)15-3/h4-5,10H,6-8H2,1-3H3. The van der Waals surface area contributed by atoms with Gasteiger partial charge in [-0.3, -0.25) is 4.99 Å². The van der Waals surface area contributed by atoms with Crippen molar-refractivity contribution in [2.45, 2.75) is 6.29 Å². The summed E-state index contributed by atoms with van der Waals surface area (Å²) in [6, 6.07) is 0. The first-order chi connectivity index (χ1) is 7.31. The molecule has 0 aromatic carbocycles. The van der Waals surface area contributed by atoms with Crippen molar-refractivity contribution in [1.29, 1.82) is 0 Å². The quantitative estimate of drug-likeness (QED) is 0.603. The van der Waals surface area contributed by atoms with Gasteiger partial charge in [0.15, 0.2) is 6.29 Å². The van der Waals surface area contributed by atoms with Crippen LogP contribution >= 0.6 is 0 Å². The van der Waals surface area contributed by atoms with Gasteiger partial charge in [0, 0.05) is 34.1 Å². The molecule has 0 spiro atoms. The number of hydrogen-bond acceptors (Lipinski definition) is 5. The molecule has 0 bridgehead atoms. The summed E-state index contributed by atoms with van der Waals surface area (Å²) in [5.41, 5.74) is 0.814. The maximum Gasteiger partial charge on any atom is 0.200 e. The van der Waals surface area contributed by atoms with Crippen molar-refractivity contribution in [3.8, 4) is 0 Å². The molecule has 5 heteroatoms. The van der Waals surface area contributed by atoms with E-state index in [-0.39, 0.29) is 6.29 Å². The molecule has 15 heavy (non-hydrogen) atoms. The van der Waals surface area contributed by atoms with Crippen molar-refractivity contribution in [3.63, 3.8) is 0 Å². The second-order valence-electron chi connectivity index (χ2n) is 3.15. The molecule has 1 rings (SSSR count). The summed E-state index contributed by atoms with van der Waals surface area (Å²) in [4.78, 5) is 6.42. The third-order valence-corrected chi connectivity index (χ3v) is 2.14. The van der Waals surface area contributed by atoms with Gasteiger partial charge in [0.25, 0.3) is 0 Å². The van der Waals surface area contributed by atoms with Crippen LogP contribution in [0.2, 0.25) is 0 Å². The molecular formula is C10H18N2O3. The normalized spacial score (nSPS) is 16.0. The molecule has 0 aliphatic carbocycles. The molecule has 0 aromatic rings. The average molecular weight is 214 g/mol. The molecule has 1 heterocycles. The fourth-order valence-corrected chi connectivity index (χ4v) is 1.30. The maximum absolute atomic E-state index is 5.11. The lowest BCUT2D eigenvalue weighted by Gasteiger charge is -2.23. The average Bonchev–Trinajstić information content (AvgIpc) is 2.29. The van der Waals surface area contributed by atoms with Gasteiger partial charge in [-0.05, 0) is 6.08 Å². The molecule has 0 amide bonds. The zero-order valence-electron chi connectivity index (χ0n) is 9.47. The van der Waals surface area contributed by atoms with Crippen LogP contribution in [0, 0.1) is 0 Å². The summed E-state index contributed by atoms with van der Waals surface area (Å²) in [5, 5.41) is 0. The molecule has 0 N–H and O–H groups in total. The van der Waals surface area contributed by atoms with E-state index in [1.807, 2.05) is 12.3 Å². The Morgan fingerprint density at radius 2 is 2.13 bits per heavy atom. The highest BCUT2D eigenvalue weighted by atomic mass is 16.7. The molecule has 0 aromatic heterocycles. The number of nitrogens with zero attached hydrogens (tertiary/aromatic N) is 2. The van der Waals surface area contributed by atoms with Gasteiger partial charge in [-0.2, -0.15) is 0 Å². The highest BCUT2D eigenvalue weighted by Crippen LogP contribution is 2.05. The van der Waals surface area contributed by atoms with Gasteiger partial charge in [0.05, 0.1) is 12.3 Å². The largest absolute Gasteiger partial charge is 0.383 e. The monoisotopic (exact) mass is 214 g/mol. The zero-order chi connectivity index (χ0) is 11.1. The van der Waals surface area contributed by atoms with Gasteiger partial charge < -0.3 is 19.1 Å². The minimum absolute atomic E-state index is 0.370. The van der Waals surface area contributed by atoms with Crippen LogP contribution in [0.3, 0.4) is 0 Å². The van der Waals surface area contributed by atoms with E-state index in [2.05, 4.69) is 9.89 Å². The Hall–Kier alpha value is -0.910. The fraction of sp³-hybridized carbons (Fsp3) is 0.700. The molecule has 5 nitrogen and oxygen atoms in total. The Balaban J connectivity index is 2.42. The third-order valence-electron chi connectivity index (χ3n) is 2.14. The van der Waals surface area contributed by atoms with Crippen LogP contribution in [0.25, 0.3) is 0 Å². The number of methoxy groups -OCH3 is 3. The van der Waals surface area contributed by atoms with Gasteiger partial charge in [0.2, 0.25) is 0 Å². The maximum atomic E-state index is 5.11. The highest BCUT2D eigenvalue weighted by molar-refractivity contribution is 5.98. The van der Waals surface area contributed by atoms with E-state index in [1.165, 1.54) is 0 Å². The van der Waals surface area contributed by atoms with Crippen LogP contribution in [-0.4, -0.2) is 58.1 Å². The number of hydrogen-bond donors (Lipinski definition) is 0. The molecule has 86 valence electrons. The van der Waals surface area contributed by atoms with E-state index in [1.54, 1.807) is 21.3 Å². The Bertz CT molecular complexity index is 237. The third kappa shape index (κ3) is 3.62. The molecule has 0 radical (unpaired) electrons. The minimum Gasteiger partial charge on any atom is -0.383 e. The molecule has 0 atom stereocenters. The minimum atomic E-state index is -0.370. The lowest BCUT2D eigenvalue weighted by molar-refractivity contribution is -0.0517. The second-order valence-corrected chi connectivity index (χ2v) is 3.15. The molecule has 0 saturated heterocycles. The summed E-state index contributed by atoms with van der Waals surface area (Å²) >= 11 is 0. The van der Waals surface area contributed by atoms with Gasteiger partial charge in [-0.25, -0.2) is 0 Å². The fourth-order valence-electron chi connectivity index (χ4n) is 1.30. The highest BCUT2D eigenvalue weighted by Gasteiger charge is 2.14. The van der Waals surface area contributed by atoms with Crippen LogP contribution in [0.1, 0.15) is 0 Å². The summed E-state index contributed by atoms with van der Waals surface area (Å²) in [6.45, 7) is 2.17. The van der Waals surface area contributed by atoms with Gasteiger partial charge in [-0.1, -0.05) is 0 Å². The van der Waals surface area contributed by atoms with E-state index in [0.717, 1.165) is 12.3 Å². The first-order valence-electron chi connectivity index (χ1n) is 4.83. The zero-order valence-corrected chi connectivity index (χ0v) is 9.47. The lowest BCUT2D eigenvalue weighted by Crippen LogP contribution is -2.31. The van der Waals surface area contributed by atoms with Crippen molar-refractivity contribution >= 4 is 5.71 Å². The summed E-state index contributed by atoms with van der Waals surface area (Å²) in [6.07, 6.45) is 3.51. The number of rotatable bonds is 6. The smallest absolute Gasteiger partial charge is 0.200 e. The van der Waals surface area contributed by atoms with E-state index < -0.39 is 0 Å². The first kappa shape index (κ1) is 12.2. The van der Waals surface area contributed by atoms with Crippen molar-refractivity contribution < 1.29 is 14.2 Å². The molecule has 0 unspecified atom stereocenters. The van der Waals surface area contributed by atoms with Crippen LogP contribution < -0.4 is 0 Å². The van der Waals surface area contributed by atoms with Crippen LogP contribution in [0.5, 0.6) is 0 Å². The Kier molecular flexibility index (Phi) is 5.31. The van der Waals surface area contributed by atoms with Crippen molar-refractivity contribution in [2.24, 2.45) is 4.99 Å². The summed E-state index contributed by atoms with van der Waals surface area (Å²) < 4.78 is 15.2. The molecule has 1 aliphatic heterocycles. The summed E-state index contributed by atoms with van der Waals surface area (Å²) in [7, 11) is 4.89. The first-order valence-corrected chi connectivity index (χ1v) is 4.83. The van der Waals surface area contributed by atoms with Crippen molar-refractivity contribution in [1.82, 2.24) is 4.90 Å². The Morgan fingerprint density at radius 1 is 1.40 bits per heavy atom. The Morgan fingerprint density at radius 3 is 2.60 bits per heavy atom. The predicted molar refractivity (Wildman–Crippen MR) is 57.8 cm³/mol. The van der Waals surface area contributed by atoms with Crippen molar-refractivity contribution in [2.75, 3.05) is 41.1 Å². The van der Waals surface area contributed by atoms with Gasteiger partial charge in [0.1, 0.15) is 6.67 Å². The van der Waals surface area contributed by atoms with Crippen LogP contribution in [0.4, 0.5) is 0 Å². The topological polar surface area (TPSA) is 43.3 Å². The van der Waals surface area contributed by atoms with Crippen molar-refractivity contribution in [3.05, 3.63) is 12.3 Å². The Labute approximate surface area is 90.3 Å². The number of ether oxygens (including phenoxy) is 3. The second kappa shape index (κ2) is 6.55. The lowest BCUT2D eigenvalue weighted by atomic mass is 10.3. The van der Waals surface area contributed by atoms with Gasteiger partial charge >= 0.3 is 0 Å². The molecule has 0 saturated carbocycles. The van der Waals surface area contributed by atoms with E-state index in [4.69, 9.17) is 14.2 Å². The molecule has 0 fully saturated rings. The van der Waals surface area contributed by atoms with Crippen LogP contribution in [-0.2, 0) is 14.2 Å². The van der Waals surface area contributed by atoms with E-state index in [9.17, 15) is 0 Å². The molecule has 1 aliphatic rings. The molecular weight excluding hydrogens is 196 g/mol. The van der Waals surface area contributed by atoms with E-state index >= 15 is 0 Å². The van der Waals surface area contributed by atoms with Crippen LogP contribution in [0.15, 0.2) is 17.3 Å². The summed E-state index contributed by atoms with van der Waals surface area (Å²) in [5.74, 6) is 0. The van der Waals surface area contributed by atoms with E-state index in [0.29, 0.717) is 13.3 Å². The number of aliphatic imine (C=N–C) groups is 1. The SMILES string of the molecule is COCCN1C=CC(C(OC)OC)=NC1.